The molecule has 1 aliphatic heterocycles. The fraction of sp³-hybridized carbons (Fsp3) is 0.542. The van der Waals surface area contributed by atoms with Gasteiger partial charge < -0.3 is 24.9 Å². The van der Waals surface area contributed by atoms with Gasteiger partial charge in [-0.1, -0.05) is 24.3 Å². The summed E-state index contributed by atoms with van der Waals surface area (Å²) in [6, 6.07) is 12.5. The number of piperidine rings is 1. The second kappa shape index (κ2) is 13.1. The predicted octanol–water partition coefficient (Wildman–Crippen LogP) is 2.90. The predicted molar refractivity (Wildman–Crippen MR) is 123 cm³/mol. The van der Waals surface area contributed by atoms with Crippen molar-refractivity contribution in [2.45, 2.75) is 52.0 Å². The normalized spacial score (nSPS) is 15.9. The Hall–Kier alpha value is -2.35. The number of benzene rings is 1. The summed E-state index contributed by atoms with van der Waals surface area (Å²) in [6.45, 7) is 8.40. The zero-order chi connectivity index (χ0) is 21.7. The first-order valence-electron chi connectivity index (χ1n) is 11.3. The molecule has 2 heterocycles. The Kier molecular flexibility index (Phi) is 9.89. The van der Waals surface area contributed by atoms with Crippen LogP contribution in [-0.4, -0.2) is 54.9 Å². The summed E-state index contributed by atoms with van der Waals surface area (Å²) in [7, 11) is 0. The van der Waals surface area contributed by atoms with Crippen LogP contribution < -0.4 is 10.6 Å². The van der Waals surface area contributed by atoms with Crippen molar-refractivity contribution in [2.75, 3.05) is 32.8 Å². The molecule has 0 saturated carbocycles. The van der Waals surface area contributed by atoms with E-state index in [9.17, 15) is 5.11 Å². The highest BCUT2D eigenvalue weighted by Gasteiger charge is 2.16. The molecule has 0 atom stereocenters. The molecule has 3 N–H and O–H groups in total. The average molecular weight is 429 g/mol. The standard InChI is InChI=1S/C24H36N4O3/c1-2-25-24(26-12-4-15-30-19-23-5-3-16-31-23)27-17-20-6-8-21(9-7-20)18-28-13-10-22(29)11-14-28/h3,5-9,16,22,29H,2,4,10-15,17-19H2,1H3,(H2,25,26,27). The minimum absolute atomic E-state index is 0.120. The van der Waals surface area contributed by atoms with Crippen LogP contribution in [-0.2, 0) is 24.4 Å². The van der Waals surface area contributed by atoms with Crippen LogP contribution in [0.25, 0.3) is 0 Å². The van der Waals surface area contributed by atoms with Crippen molar-refractivity contribution >= 4 is 5.96 Å². The minimum atomic E-state index is -0.120. The van der Waals surface area contributed by atoms with Crippen LogP contribution in [0.15, 0.2) is 52.1 Å². The third-order valence-electron chi connectivity index (χ3n) is 5.33. The number of furan rings is 1. The van der Waals surface area contributed by atoms with Gasteiger partial charge >= 0.3 is 0 Å². The highest BCUT2D eigenvalue weighted by Crippen LogP contribution is 2.14. The Labute approximate surface area is 185 Å². The number of hydrogen-bond donors (Lipinski definition) is 3. The second-order valence-electron chi connectivity index (χ2n) is 7.93. The molecule has 0 spiro atoms. The molecular weight excluding hydrogens is 392 g/mol. The summed E-state index contributed by atoms with van der Waals surface area (Å²) < 4.78 is 10.9. The Morgan fingerprint density at radius 3 is 2.65 bits per heavy atom. The smallest absolute Gasteiger partial charge is 0.191 e. The van der Waals surface area contributed by atoms with Crippen molar-refractivity contribution in [3.05, 3.63) is 59.5 Å². The van der Waals surface area contributed by atoms with Crippen LogP contribution in [0.5, 0.6) is 0 Å². The summed E-state index contributed by atoms with van der Waals surface area (Å²) in [4.78, 5) is 7.10. The highest BCUT2D eigenvalue weighted by atomic mass is 16.5. The Bertz CT molecular complexity index is 754. The van der Waals surface area contributed by atoms with Gasteiger partial charge in [0.25, 0.3) is 0 Å². The number of nitrogens with one attached hydrogen (secondary N) is 2. The fourth-order valence-corrected chi connectivity index (χ4v) is 3.55. The first-order chi connectivity index (χ1) is 15.2. The van der Waals surface area contributed by atoms with Crippen molar-refractivity contribution in [3.63, 3.8) is 0 Å². The van der Waals surface area contributed by atoms with Gasteiger partial charge in [-0.25, -0.2) is 4.99 Å². The number of aliphatic hydroxyl groups excluding tert-OH is 1. The number of ether oxygens (including phenoxy) is 1. The molecule has 0 amide bonds. The molecule has 1 fully saturated rings. The first kappa shape index (κ1) is 23.3. The van der Waals surface area contributed by atoms with Gasteiger partial charge in [0.05, 0.1) is 18.9 Å². The molecule has 7 nitrogen and oxygen atoms in total. The largest absolute Gasteiger partial charge is 0.467 e. The molecule has 1 aromatic carbocycles. The lowest BCUT2D eigenvalue weighted by atomic mass is 10.1. The summed E-state index contributed by atoms with van der Waals surface area (Å²) in [5.74, 6) is 1.67. The van der Waals surface area contributed by atoms with Crippen LogP contribution >= 0.6 is 0 Å². The SMILES string of the molecule is CCNC(=NCc1ccc(CN2CCC(O)CC2)cc1)NCCCOCc1ccco1. The molecule has 0 radical (unpaired) electrons. The minimum Gasteiger partial charge on any atom is -0.467 e. The number of rotatable bonds is 11. The van der Waals surface area contributed by atoms with Crippen molar-refractivity contribution in [2.24, 2.45) is 4.99 Å². The highest BCUT2D eigenvalue weighted by molar-refractivity contribution is 5.79. The molecule has 0 aliphatic carbocycles. The second-order valence-corrected chi connectivity index (χ2v) is 7.93. The van der Waals surface area contributed by atoms with Gasteiger partial charge in [-0.3, -0.25) is 4.90 Å². The summed E-state index contributed by atoms with van der Waals surface area (Å²) in [5.41, 5.74) is 2.50. The van der Waals surface area contributed by atoms with E-state index in [0.717, 1.165) is 63.7 Å². The molecule has 0 unspecified atom stereocenters. The van der Waals surface area contributed by atoms with E-state index < -0.39 is 0 Å². The summed E-state index contributed by atoms with van der Waals surface area (Å²) in [5, 5.41) is 16.3. The Morgan fingerprint density at radius 1 is 1.16 bits per heavy atom. The zero-order valence-electron chi connectivity index (χ0n) is 18.6. The van der Waals surface area contributed by atoms with E-state index in [1.807, 2.05) is 12.1 Å². The van der Waals surface area contributed by atoms with Crippen LogP contribution in [0, 0.1) is 0 Å². The van der Waals surface area contributed by atoms with E-state index in [-0.39, 0.29) is 6.10 Å². The lowest BCUT2D eigenvalue weighted by Gasteiger charge is -2.29. The summed E-state index contributed by atoms with van der Waals surface area (Å²) in [6.07, 6.45) is 4.19. The zero-order valence-corrected chi connectivity index (χ0v) is 18.6. The molecule has 170 valence electrons. The molecule has 0 bridgehead atoms. The topological polar surface area (TPSA) is 82.3 Å². The van der Waals surface area contributed by atoms with Crippen molar-refractivity contribution in [1.82, 2.24) is 15.5 Å². The first-order valence-corrected chi connectivity index (χ1v) is 11.3. The molecule has 2 aromatic rings. The average Bonchev–Trinajstić information content (AvgIpc) is 3.30. The van der Waals surface area contributed by atoms with E-state index in [2.05, 4.69) is 46.7 Å². The third kappa shape index (κ3) is 8.73. The molecule has 1 aromatic heterocycles. The van der Waals surface area contributed by atoms with Gasteiger partial charge in [0.2, 0.25) is 0 Å². The van der Waals surface area contributed by atoms with Gasteiger partial charge in [-0.05, 0) is 49.4 Å². The third-order valence-corrected chi connectivity index (χ3v) is 5.33. The van der Waals surface area contributed by atoms with Gasteiger partial charge in [-0.15, -0.1) is 0 Å². The quantitative estimate of drug-likeness (QED) is 0.290. The van der Waals surface area contributed by atoms with Crippen LogP contribution in [0.4, 0.5) is 0 Å². The number of aliphatic imine (C=N–C) groups is 1. The Balaban J connectivity index is 1.36. The van der Waals surface area contributed by atoms with Crippen LogP contribution in [0.3, 0.4) is 0 Å². The van der Waals surface area contributed by atoms with Gasteiger partial charge in [0.15, 0.2) is 5.96 Å². The maximum Gasteiger partial charge on any atom is 0.191 e. The van der Waals surface area contributed by atoms with E-state index >= 15 is 0 Å². The monoisotopic (exact) mass is 428 g/mol. The Morgan fingerprint density at radius 2 is 1.94 bits per heavy atom. The lowest BCUT2D eigenvalue weighted by molar-refractivity contribution is 0.0792. The van der Waals surface area contributed by atoms with Crippen LogP contribution in [0.1, 0.15) is 43.1 Å². The maximum absolute atomic E-state index is 9.64. The van der Waals surface area contributed by atoms with E-state index in [4.69, 9.17) is 14.1 Å². The number of nitrogens with zero attached hydrogens (tertiary/aromatic N) is 2. The van der Waals surface area contributed by atoms with Gasteiger partial charge in [0, 0.05) is 39.3 Å². The van der Waals surface area contributed by atoms with Gasteiger partial charge in [-0.2, -0.15) is 0 Å². The maximum atomic E-state index is 9.64. The van der Waals surface area contributed by atoms with Crippen molar-refractivity contribution < 1.29 is 14.3 Å². The van der Waals surface area contributed by atoms with Crippen molar-refractivity contribution in [3.8, 4) is 0 Å². The molecule has 1 saturated heterocycles. The molecule has 7 heteroatoms. The van der Waals surface area contributed by atoms with E-state index in [0.29, 0.717) is 19.8 Å². The lowest BCUT2D eigenvalue weighted by Crippen LogP contribution is -2.38. The number of likely N-dealkylation sites (tertiary alicyclic amines) is 1. The van der Waals surface area contributed by atoms with E-state index in [1.165, 1.54) is 11.1 Å². The fourth-order valence-electron chi connectivity index (χ4n) is 3.55. The molecular formula is C24H36N4O3. The molecule has 1 aliphatic rings. The van der Waals surface area contributed by atoms with Crippen molar-refractivity contribution in [1.29, 1.82) is 0 Å². The molecule has 31 heavy (non-hydrogen) atoms. The number of aliphatic hydroxyl groups is 1. The van der Waals surface area contributed by atoms with E-state index in [1.54, 1.807) is 6.26 Å². The molecule has 3 rings (SSSR count). The summed E-state index contributed by atoms with van der Waals surface area (Å²) >= 11 is 0. The van der Waals surface area contributed by atoms with Gasteiger partial charge in [0.1, 0.15) is 12.4 Å². The number of hydrogen-bond acceptors (Lipinski definition) is 5. The number of guanidine groups is 1. The van der Waals surface area contributed by atoms with Crippen LogP contribution in [0.2, 0.25) is 0 Å².